The Bertz CT molecular complexity index is 422. The van der Waals surface area contributed by atoms with Gasteiger partial charge in [0.25, 0.3) is 0 Å². The van der Waals surface area contributed by atoms with Crippen molar-refractivity contribution in [1.82, 2.24) is 10.2 Å². The molecular formula is C14H21N3O2. The molecule has 2 aliphatic rings. The first-order valence-corrected chi connectivity index (χ1v) is 7.16. The van der Waals surface area contributed by atoms with Gasteiger partial charge < -0.3 is 14.8 Å². The lowest BCUT2D eigenvalue weighted by Gasteiger charge is -2.37. The Kier molecular flexibility index (Phi) is 3.66. The van der Waals surface area contributed by atoms with Crippen LogP contribution in [0.25, 0.3) is 0 Å². The molecule has 1 spiro atoms. The van der Waals surface area contributed by atoms with Crippen LogP contribution in [-0.2, 0) is 15.9 Å². The maximum absolute atomic E-state index is 5.93. The SMILES string of the molecule is CCc1cnnc(NC2COC3(CCCC3)OC2)c1. The molecule has 19 heavy (non-hydrogen) atoms. The highest BCUT2D eigenvalue weighted by molar-refractivity contribution is 5.36. The molecule has 3 rings (SSSR count). The summed E-state index contributed by atoms with van der Waals surface area (Å²) in [6, 6.07) is 2.19. The van der Waals surface area contributed by atoms with Gasteiger partial charge in [0.05, 0.1) is 25.5 Å². The van der Waals surface area contributed by atoms with Crippen LogP contribution in [0.5, 0.6) is 0 Å². The van der Waals surface area contributed by atoms with E-state index in [1.54, 1.807) is 6.20 Å². The Hall–Kier alpha value is -1.20. The van der Waals surface area contributed by atoms with Crippen LogP contribution in [0.1, 0.15) is 38.2 Å². The summed E-state index contributed by atoms with van der Waals surface area (Å²) in [4.78, 5) is 0. The second-order valence-electron chi connectivity index (χ2n) is 5.38. The molecule has 0 amide bonds. The van der Waals surface area contributed by atoms with Crippen molar-refractivity contribution in [2.24, 2.45) is 0 Å². The summed E-state index contributed by atoms with van der Waals surface area (Å²) >= 11 is 0. The van der Waals surface area contributed by atoms with Gasteiger partial charge in [-0.2, -0.15) is 5.10 Å². The van der Waals surface area contributed by atoms with E-state index in [1.165, 1.54) is 18.4 Å². The molecule has 104 valence electrons. The van der Waals surface area contributed by atoms with Gasteiger partial charge in [0.15, 0.2) is 5.79 Å². The number of aryl methyl sites for hydroxylation is 1. The van der Waals surface area contributed by atoms with Crippen LogP contribution < -0.4 is 5.32 Å². The quantitative estimate of drug-likeness (QED) is 0.905. The number of anilines is 1. The van der Waals surface area contributed by atoms with Gasteiger partial charge in [-0.3, -0.25) is 0 Å². The van der Waals surface area contributed by atoms with Crippen molar-refractivity contribution in [3.8, 4) is 0 Å². The highest BCUT2D eigenvalue weighted by Gasteiger charge is 2.40. The maximum atomic E-state index is 5.93. The second kappa shape index (κ2) is 5.43. The lowest BCUT2D eigenvalue weighted by molar-refractivity contribution is -0.264. The molecule has 1 N–H and O–H groups in total. The largest absolute Gasteiger partial charge is 0.361 e. The minimum absolute atomic E-state index is 0.160. The maximum Gasteiger partial charge on any atom is 0.168 e. The zero-order valence-electron chi connectivity index (χ0n) is 11.4. The molecular weight excluding hydrogens is 242 g/mol. The summed E-state index contributed by atoms with van der Waals surface area (Å²) in [6.07, 6.45) is 7.25. The molecule has 1 aliphatic heterocycles. The highest BCUT2D eigenvalue weighted by atomic mass is 16.7. The summed E-state index contributed by atoms with van der Waals surface area (Å²) in [5.74, 6) is 0.522. The lowest BCUT2D eigenvalue weighted by Crippen LogP contribution is -2.47. The fraction of sp³-hybridized carbons (Fsp3) is 0.714. The molecule has 5 heteroatoms. The number of rotatable bonds is 3. The Morgan fingerprint density at radius 2 is 2.05 bits per heavy atom. The molecule has 0 bridgehead atoms. The minimum Gasteiger partial charge on any atom is -0.361 e. The Balaban J connectivity index is 1.56. The van der Waals surface area contributed by atoms with Crippen LogP contribution in [0, 0.1) is 0 Å². The summed E-state index contributed by atoms with van der Waals surface area (Å²) in [5, 5.41) is 11.4. The van der Waals surface area contributed by atoms with Gasteiger partial charge in [0.1, 0.15) is 5.82 Å². The molecule has 1 aromatic heterocycles. The summed E-state index contributed by atoms with van der Waals surface area (Å²) in [6.45, 7) is 3.47. The fourth-order valence-electron chi connectivity index (χ4n) is 2.76. The van der Waals surface area contributed by atoms with E-state index in [0.717, 1.165) is 25.1 Å². The Morgan fingerprint density at radius 3 is 2.74 bits per heavy atom. The van der Waals surface area contributed by atoms with Gasteiger partial charge in [0.2, 0.25) is 0 Å². The molecule has 0 radical (unpaired) electrons. The molecule has 0 aromatic carbocycles. The van der Waals surface area contributed by atoms with Crippen molar-refractivity contribution in [1.29, 1.82) is 0 Å². The Morgan fingerprint density at radius 1 is 1.32 bits per heavy atom. The van der Waals surface area contributed by atoms with Crippen molar-refractivity contribution in [2.75, 3.05) is 18.5 Å². The smallest absolute Gasteiger partial charge is 0.168 e. The number of aromatic nitrogens is 2. The van der Waals surface area contributed by atoms with Gasteiger partial charge in [-0.1, -0.05) is 6.92 Å². The predicted octanol–water partition coefficient (Wildman–Crippen LogP) is 2.14. The van der Waals surface area contributed by atoms with Gasteiger partial charge in [0, 0.05) is 12.8 Å². The number of nitrogens with zero attached hydrogens (tertiary/aromatic N) is 2. The summed E-state index contributed by atoms with van der Waals surface area (Å²) in [5.41, 5.74) is 1.18. The molecule has 1 aliphatic carbocycles. The van der Waals surface area contributed by atoms with Crippen LogP contribution in [0.3, 0.4) is 0 Å². The third-order valence-corrected chi connectivity index (χ3v) is 3.93. The molecule has 5 nitrogen and oxygen atoms in total. The van der Waals surface area contributed by atoms with E-state index >= 15 is 0 Å². The zero-order valence-corrected chi connectivity index (χ0v) is 11.4. The van der Waals surface area contributed by atoms with Crippen molar-refractivity contribution in [3.63, 3.8) is 0 Å². The number of hydrogen-bond acceptors (Lipinski definition) is 5. The van der Waals surface area contributed by atoms with Crippen molar-refractivity contribution in [2.45, 2.75) is 50.9 Å². The van der Waals surface area contributed by atoms with Crippen LogP contribution in [-0.4, -0.2) is 35.2 Å². The molecule has 0 unspecified atom stereocenters. The van der Waals surface area contributed by atoms with E-state index < -0.39 is 0 Å². The molecule has 1 saturated carbocycles. The second-order valence-corrected chi connectivity index (χ2v) is 5.38. The topological polar surface area (TPSA) is 56.3 Å². The standard InChI is InChI=1S/C14H21N3O2/c1-2-11-7-13(17-15-8-11)16-12-9-18-14(19-10-12)5-3-4-6-14/h7-8,12H,2-6,9-10H2,1H3,(H,16,17). The fourth-order valence-corrected chi connectivity index (χ4v) is 2.76. The van der Waals surface area contributed by atoms with E-state index in [9.17, 15) is 0 Å². The minimum atomic E-state index is -0.283. The van der Waals surface area contributed by atoms with E-state index in [2.05, 4.69) is 22.4 Å². The lowest BCUT2D eigenvalue weighted by atomic mass is 10.2. The molecule has 2 heterocycles. The zero-order chi connectivity index (χ0) is 13.1. The van der Waals surface area contributed by atoms with Crippen LogP contribution in [0.4, 0.5) is 5.82 Å². The summed E-state index contributed by atoms with van der Waals surface area (Å²) < 4.78 is 11.9. The molecule has 1 aromatic rings. The third-order valence-electron chi connectivity index (χ3n) is 3.93. The van der Waals surface area contributed by atoms with Crippen LogP contribution >= 0.6 is 0 Å². The van der Waals surface area contributed by atoms with Gasteiger partial charge >= 0.3 is 0 Å². The van der Waals surface area contributed by atoms with Crippen molar-refractivity contribution >= 4 is 5.82 Å². The van der Waals surface area contributed by atoms with Gasteiger partial charge in [-0.15, -0.1) is 5.10 Å². The number of nitrogens with one attached hydrogen (secondary N) is 1. The van der Waals surface area contributed by atoms with Crippen molar-refractivity contribution in [3.05, 3.63) is 17.8 Å². The third kappa shape index (κ3) is 2.87. The van der Waals surface area contributed by atoms with Crippen molar-refractivity contribution < 1.29 is 9.47 Å². The first kappa shape index (κ1) is 12.8. The monoisotopic (exact) mass is 263 g/mol. The Labute approximate surface area is 113 Å². The van der Waals surface area contributed by atoms with Crippen LogP contribution in [0.15, 0.2) is 12.3 Å². The van der Waals surface area contributed by atoms with E-state index in [4.69, 9.17) is 9.47 Å². The molecule has 1 saturated heterocycles. The average Bonchev–Trinajstić information content (AvgIpc) is 2.90. The molecule has 2 fully saturated rings. The number of hydrogen-bond donors (Lipinski definition) is 1. The van der Waals surface area contributed by atoms with E-state index in [0.29, 0.717) is 13.2 Å². The highest BCUT2D eigenvalue weighted by Crippen LogP contribution is 2.36. The molecule has 0 atom stereocenters. The number of ether oxygens (including phenoxy) is 2. The average molecular weight is 263 g/mol. The first-order chi connectivity index (χ1) is 9.30. The summed E-state index contributed by atoms with van der Waals surface area (Å²) in [7, 11) is 0. The van der Waals surface area contributed by atoms with E-state index in [-0.39, 0.29) is 11.8 Å². The predicted molar refractivity (Wildman–Crippen MR) is 71.9 cm³/mol. The van der Waals surface area contributed by atoms with Gasteiger partial charge in [-0.25, -0.2) is 0 Å². The normalized spacial score (nSPS) is 22.8. The van der Waals surface area contributed by atoms with E-state index in [1.807, 2.05) is 6.07 Å². The van der Waals surface area contributed by atoms with Gasteiger partial charge in [-0.05, 0) is 30.9 Å². The first-order valence-electron chi connectivity index (χ1n) is 7.16. The van der Waals surface area contributed by atoms with Crippen LogP contribution in [0.2, 0.25) is 0 Å².